The molecule has 60 heavy (non-hydrogen) atoms. The van der Waals surface area contributed by atoms with Crippen molar-refractivity contribution in [3.05, 3.63) is 0 Å². The van der Waals surface area contributed by atoms with Gasteiger partial charge in [0, 0.05) is 38.9 Å². The fourth-order valence-corrected chi connectivity index (χ4v) is 7.48. The number of amides is 3. The number of esters is 3. The van der Waals surface area contributed by atoms with Gasteiger partial charge >= 0.3 is 17.9 Å². The summed E-state index contributed by atoms with van der Waals surface area (Å²) < 4.78 is 15.5. The average Bonchev–Trinajstić information content (AvgIpc) is 3.96. The van der Waals surface area contributed by atoms with Crippen LogP contribution in [0.5, 0.6) is 0 Å². The molecule has 0 radical (unpaired) electrons. The fraction of sp³-hybridized carbons (Fsp3) is 0.875. The first kappa shape index (κ1) is 54.8. The van der Waals surface area contributed by atoms with Crippen molar-refractivity contribution in [2.75, 3.05) is 59.1 Å². The summed E-state index contributed by atoms with van der Waals surface area (Å²) >= 11 is 0. The molecule has 3 aliphatic heterocycles. The van der Waals surface area contributed by atoms with E-state index in [1.165, 1.54) is 116 Å². The third-order valence-corrected chi connectivity index (χ3v) is 11.3. The third-order valence-electron chi connectivity index (χ3n) is 11.3. The summed E-state index contributed by atoms with van der Waals surface area (Å²) in [6, 6.07) is 0. The predicted molar refractivity (Wildman–Crippen MR) is 238 cm³/mol. The number of unbranched alkanes of at least 4 members (excludes halogenated alkanes) is 21. The van der Waals surface area contributed by atoms with E-state index in [0.29, 0.717) is 58.7 Å². The lowest BCUT2D eigenvalue weighted by Gasteiger charge is -2.14. The van der Waals surface area contributed by atoms with Gasteiger partial charge in [-0.05, 0) is 38.5 Å². The van der Waals surface area contributed by atoms with E-state index >= 15 is 0 Å². The predicted octanol–water partition coefficient (Wildman–Crippen LogP) is 9.88. The molecular weight excluding hydrogens is 763 g/mol. The van der Waals surface area contributed by atoms with E-state index in [4.69, 9.17) is 14.2 Å². The molecule has 12 heteroatoms. The summed E-state index contributed by atoms with van der Waals surface area (Å²) in [5, 5.41) is 0. The summed E-state index contributed by atoms with van der Waals surface area (Å²) in [5.41, 5.74) is 0. The van der Waals surface area contributed by atoms with Gasteiger partial charge < -0.3 is 28.9 Å². The molecule has 3 heterocycles. The largest absolute Gasteiger partial charge is 0.464 e. The number of likely N-dealkylation sites (tertiary alicyclic amines) is 3. The monoisotopic (exact) mass is 850 g/mol. The minimum absolute atomic E-state index is 0.0755. The molecule has 3 aliphatic rings. The highest BCUT2D eigenvalue weighted by atomic mass is 16.5. The Morgan fingerprint density at radius 1 is 0.367 bits per heavy atom. The van der Waals surface area contributed by atoms with Gasteiger partial charge in [0.2, 0.25) is 17.7 Å². The lowest BCUT2D eigenvalue weighted by molar-refractivity contribution is -0.148. The number of hydrogen-bond acceptors (Lipinski definition) is 9. The quantitative estimate of drug-likeness (QED) is 0.0359. The highest BCUT2D eigenvalue weighted by Crippen LogP contribution is 2.14. The Balaban J connectivity index is 0.000000452. The molecule has 0 spiro atoms. The number of nitrogens with zero attached hydrogens (tertiary/aromatic N) is 3. The highest BCUT2D eigenvalue weighted by Gasteiger charge is 2.24. The van der Waals surface area contributed by atoms with Gasteiger partial charge in [-0.15, -0.1) is 0 Å². The van der Waals surface area contributed by atoms with Crippen molar-refractivity contribution >= 4 is 35.6 Å². The molecule has 3 rings (SSSR count). The van der Waals surface area contributed by atoms with Gasteiger partial charge in [0.1, 0.15) is 19.6 Å². The molecule has 0 aromatic carbocycles. The van der Waals surface area contributed by atoms with Crippen molar-refractivity contribution < 1.29 is 43.0 Å². The SMILES string of the molecule is CCCCCCCCCCCCOC(=O)CN1CCCC1=O.CCCCCCCCCCOC(=O)CN1CCCC1=O.CCCCCCCCOC(=O)CN1CCCC1=O. The van der Waals surface area contributed by atoms with Gasteiger partial charge in [0.15, 0.2) is 0 Å². The first-order valence-corrected chi connectivity index (χ1v) is 24.5. The minimum atomic E-state index is -0.265. The number of carbonyl (C=O) groups excluding carboxylic acids is 6. The fourth-order valence-electron chi connectivity index (χ4n) is 7.48. The molecule has 3 fully saturated rings. The number of hydrogen-bond donors (Lipinski definition) is 0. The molecule has 12 nitrogen and oxygen atoms in total. The van der Waals surface area contributed by atoms with Crippen molar-refractivity contribution in [2.45, 2.75) is 213 Å². The second-order valence-corrected chi connectivity index (χ2v) is 16.8. The van der Waals surface area contributed by atoms with Gasteiger partial charge in [0.25, 0.3) is 0 Å². The molecule has 0 saturated carbocycles. The smallest absolute Gasteiger partial charge is 0.325 e. The second-order valence-electron chi connectivity index (χ2n) is 16.8. The Morgan fingerprint density at radius 2 is 0.583 bits per heavy atom. The van der Waals surface area contributed by atoms with Crippen LogP contribution in [0.4, 0.5) is 0 Å². The van der Waals surface area contributed by atoms with Gasteiger partial charge in [-0.25, -0.2) is 0 Å². The zero-order chi connectivity index (χ0) is 43.9. The van der Waals surface area contributed by atoms with E-state index in [0.717, 1.165) is 57.8 Å². The van der Waals surface area contributed by atoms with Crippen LogP contribution in [-0.4, -0.2) is 109 Å². The van der Waals surface area contributed by atoms with Crippen molar-refractivity contribution in [3.8, 4) is 0 Å². The Kier molecular flexibility index (Phi) is 35.4. The van der Waals surface area contributed by atoms with Crippen LogP contribution in [0.15, 0.2) is 0 Å². The Labute approximate surface area is 364 Å². The van der Waals surface area contributed by atoms with E-state index in [1.807, 2.05) is 0 Å². The molecule has 0 aromatic rings. The summed E-state index contributed by atoms with van der Waals surface area (Å²) in [5.74, 6) is -0.551. The zero-order valence-electron chi connectivity index (χ0n) is 38.6. The van der Waals surface area contributed by atoms with Crippen LogP contribution < -0.4 is 0 Å². The van der Waals surface area contributed by atoms with Crippen LogP contribution in [-0.2, 0) is 43.0 Å². The molecule has 0 unspecified atom stereocenters. The Morgan fingerprint density at radius 3 is 0.783 bits per heavy atom. The van der Waals surface area contributed by atoms with Crippen LogP contribution in [0, 0.1) is 0 Å². The molecule has 3 amide bonds. The van der Waals surface area contributed by atoms with E-state index in [9.17, 15) is 28.8 Å². The van der Waals surface area contributed by atoms with Gasteiger partial charge in [-0.1, -0.05) is 156 Å². The summed E-state index contributed by atoms with van der Waals surface area (Å²) in [6.07, 6.45) is 34.0. The maximum absolute atomic E-state index is 11.6. The van der Waals surface area contributed by atoms with Crippen LogP contribution in [0.2, 0.25) is 0 Å². The minimum Gasteiger partial charge on any atom is -0.464 e. The molecule has 0 bridgehead atoms. The van der Waals surface area contributed by atoms with Crippen molar-refractivity contribution in [2.24, 2.45) is 0 Å². The van der Waals surface area contributed by atoms with E-state index in [1.54, 1.807) is 14.7 Å². The van der Waals surface area contributed by atoms with E-state index in [-0.39, 0.29) is 55.3 Å². The van der Waals surface area contributed by atoms with Crippen LogP contribution in [0.1, 0.15) is 213 Å². The lowest BCUT2D eigenvalue weighted by atomic mass is 10.1. The number of ether oxygens (including phenoxy) is 3. The molecule has 0 aliphatic carbocycles. The van der Waals surface area contributed by atoms with Gasteiger partial charge in [0.05, 0.1) is 19.8 Å². The molecular formula is C48H87N3O9. The first-order valence-electron chi connectivity index (χ1n) is 24.5. The molecule has 0 N–H and O–H groups in total. The standard InChI is InChI=1S/C18H33NO3.C16H29NO3.C14H25NO3/c1-2-3-4-5-6-7-8-9-10-11-15-22-18(21)16-19-14-12-13-17(19)20;1-2-3-4-5-6-7-8-9-13-20-16(19)14-17-12-10-11-15(17)18;1-2-3-4-5-6-7-11-18-14(17)12-15-10-8-9-13(15)16/h2-16H2,1H3;2-14H2,1H3;2-12H2,1H3. The van der Waals surface area contributed by atoms with Gasteiger partial charge in [-0.3, -0.25) is 28.8 Å². The topological polar surface area (TPSA) is 140 Å². The lowest BCUT2D eigenvalue weighted by Crippen LogP contribution is -2.31. The normalized spacial score (nSPS) is 14.8. The molecule has 0 atom stereocenters. The van der Waals surface area contributed by atoms with Crippen LogP contribution in [0.3, 0.4) is 0 Å². The number of carbonyl (C=O) groups is 6. The highest BCUT2D eigenvalue weighted by molar-refractivity contribution is 5.84. The maximum Gasteiger partial charge on any atom is 0.325 e. The average molecular weight is 850 g/mol. The number of rotatable bonds is 33. The van der Waals surface area contributed by atoms with E-state index in [2.05, 4.69) is 20.8 Å². The molecule has 0 aromatic heterocycles. The van der Waals surface area contributed by atoms with Crippen LogP contribution in [0.25, 0.3) is 0 Å². The van der Waals surface area contributed by atoms with Crippen molar-refractivity contribution in [1.82, 2.24) is 14.7 Å². The summed E-state index contributed by atoms with van der Waals surface area (Å²) in [6.45, 7) is 10.7. The van der Waals surface area contributed by atoms with Crippen LogP contribution >= 0.6 is 0 Å². The van der Waals surface area contributed by atoms with Gasteiger partial charge in [-0.2, -0.15) is 0 Å². The third kappa shape index (κ3) is 30.8. The van der Waals surface area contributed by atoms with Crippen molar-refractivity contribution in [3.63, 3.8) is 0 Å². The summed E-state index contributed by atoms with van der Waals surface area (Å²) in [4.78, 5) is 73.4. The van der Waals surface area contributed by atoms with Crippen molar-refractivity contribution in [1.29, 1.82) is 0 Å². The maximum atomic E-state index is 11.6. The Hall–Kier alpha value is -3.18. The second kappa shape index (κ2) is 38.7. The molecule has 348 valence electrons. The Bertz CT molecular complexity index is 1150. The summed E-state index contributed by atoms with van der Waals surface area (Å²) in [7, 11) is 0. The van der Waals surface area contributed by atoms with E-state index < -0.39 is 0 Å². The zero-order valence-corrected chi connectivity index (χ0v) is 38.6. The first-order chi connectivity index (χ1) is 29.2. The molecule has 3 saturated heterocycles.